The van der Waals surface area contributed by atoms with E-state index in [2.05, 4.69) is 48.0 Å². The third-order valence-electron chi connectivity index (χ3n) is 3.61. The lowest BCUT2D eigenvalue weighted by molar-refractivity contribution is 0.335. The summed E-state index contributed by atoms with van der Waals surface area (Å²) in [4.78, 5) is 4.28. The molecule has 0 N–H and O–H groups in total. The number of allylic oxidation sites excluding steroid dienone is 1. The van der Waals surface area contributed by atoms with Crippen LogP contribution >= 0.6 is 0 Å². The molecule has 24 heavy (non-hydrogen) atoms. The van der Waals surface area contributed by atoms with Gasteiger partial charge in [0.05, 0.1) is 6.17 Å². The summed E-state index contributed by atoms with van der Waals surface area (Å²) >= 11 is 0. The minimum absolute atomic E-state index is 0.456. The molecule has 0 saturated heterocycles. The zero-order valence-corrected chi connectivity index (χ0v) is 14.1. The molecule has 1 aromatic carbocycles. The van der Waals surface area contributed by atoms with Crippen LogP contribution < -0.4 is 4.74 Å². The van der Waals surface area contributed by atoms with Gasteiger partial charge in [-0.2, -0.15) is 0 Å². The molecule has 0 aliphatic heterocycles. The maximum Gasteiger partial charge on any atom is 0.213 e. The van der Waals surface area contributed by atoms with Gasteiger partial charge in [-0.1, -0.05) is 49.1 Å². The van der Waals surface area contributed by atoms with E-state index in [-0.39, 0.29) is 0 Å². The highest BCUT2D eigenvalue weighted by atomic mass is 19.1. The fourth-order valence-corrected chi connectivity index (χ4v) is 2.30. The third kappa shape index (κ3) is 5.99. The molecule has 3 heteroatoms. The number of alkyl halides is 1. The number of hydrogen-bond donors (Lipinski definition) is 0. The molecule has 1 aromatic heterocycles. The Labute approximate surface area is 143 Å². The first kappa shape index (κ1) is 17.9. The largest absolute Gasteiger partial charge is 0.473 e. The predicted molar refractivity (Wildman–Crippen MR) is 98.8 cm³/mol. The summed E-state index contributed by atoms with van der Waals surface area (Å²) in [5, 5.41) is 0. The highest BCUT2D eigenvalue weighted by Crippen LogP contribution is 2.21. The molecule has 0 spiro atoms. The second-order valence-electron chi connectivity index (χ2n) is 5.72. The second kappa shape index (κ2) is 9.66. The van der Waals surface area contributed by atoms with E-state index in [1.54, 1.807) is 19.2 Å². The summed E-state index contributed by atoms with van der Waals surface area (Å²) < 4.78 is 18.1. The molecule has 0 amide bonds. The van der Waals surface area contributed by atoms with Gasteiger partial charge in [0, 0.05) is 17.8 Å². The number of nitrogens with zero attached hydrogens (tertiary/aromatic N) is 1. The number of pyridine rings is 1. The summed E-state index contributed by atoms with van der Waals surface area (Å²) in [7, 11) is 0. The van der Waals surface area contributed by atoms with Crippen molar-refractivity contribution in [3.05, 3.63) is 66.9 Å². The van der Waals surface area contributed by atoms with E-state index in [9.17, 15) is 4.39 Å². The SMILES string of the molecule is C=CCOc1ccc(-c2ccc(C=CCCCC(C)F)cc2)cn1. The van der Waals surface area contributed by atoms with Crippen LogP contribution in [0.1, 0.15) is 31.7 Å². The molecule has 1 atom stereocenters. The third-order valence-corrected chi connectivity index (χ3v) is 3.61. The van der Waals surface area contributed by atoms with Gasteiger partial charge in [-0.25, -0.2) is 9.37 Å². The molecule has 1 heterocycles. The number of ether oxygens (including phenoxy) is 1. The average Bonchev–Trinajstić information content (AvgIpc) is 2.60. The summed E-state index contributed by atoms with van der Waals surface area (Å²) in [6.45, 7) is 5.68. The van der Waals surface area contributed by atoms with Crippen molar-refractivity contribution in [2.45, 2.75) is 32.4 Å². The van der Waals surface area contributed by atoms with Crippen molar-refractivity contribution in [1.82, 2.24) is 4.98 Å². The fourth-order valence-electron chi connectivity index (χ4n) is 2.30. The zero-order valence-electron chi connectivity index (χ0n) is 14.1. The Kier molecular flexibility index (Phi) is 7.21. The van der Waals surface area contributed by atoms with Gasteiger partial charge in [0.2, 0.25) is 5.88 Å². The first-order valence-corrected chi connectivity index (χ1v) is 8.30. The van der Waals surface area contributed by atoms with E-state index >= 15 is 0 Å². The van der Waals surface area contributed by atoms with Crippen molar-refractivity contribution in [2.75, 3.05) is 6.61 Å². The van der Waals surface area contributed by atoms with Gasteiger partial charge in [0.25, 0.3) is 0 Å². The van der Waals surface area contributed by atoms with Gasteiger partial charge >= 0.3 is 0 Å². The fraction of sp³-hybridized carbons (Fsp3) is 0.286. The van der Waals surface area contributed by atoms with Gasteiger partial charge < -0.3 is 4.74 Å². The normalized spacial score (nSPS) is 12.2. The lowest BCUT2D eigenvalue weighted by atomic mass is 10.1. The molecular weight excluding hydrogens is 301 g/mol. The molecule has 2 nitrogen and oxygen atoms in total. The van der Waals surface area contributed by atoms with Crippen LogP contribution in [0.4, 0.5) is 4.39 Å². The van der Waals surface area contributed by atoms with Crippen LogP contribution in [0.2, 0.25) is 0 Å². The second-order valence-corrected chi connectivity index (χ2v) is 5.72. The minimum atomic E-state index is -0.708. The molecule has 0 aliphatic carbocycles. The average molecular weight is 325 g/mol. The van der Waals surface area contributed by atoms with E-state index in [4.69, 9.17) is 4.74 Å². The monoisotopic (exact) mass is 325 g/mol. The molecule has 2 rings (SSSR count). The van der Waals surface area contributed by atoms with E-state index in [1.165, 1.54) is 0 Å². The van der Waals surface area contributed by atoms with E-state index in [0.29, 0.717) is 18.9 Å². The number of hydrogen-bond acceptors (Lipinski definition) is 2. The zero-order chi connectivity index (χ0) is 17.2. The first-order chi connectivity index (χ1) is 11.7. The van der Waals surface area contributed by atoms with Gasteiger partial charge in [-0.3, -0.25) is 0 Å². The number of benzene rings is 1. The molecule has 0 fully saturated rings. The smallest absolute Gasteiger partial charge is 0.213 e. The van der Waals surface area contributed by atoms with Crippen molar-refractivity contribution in [3.8, 4) is 17.0 Å². The summed E-state index contributed by atoms with van der Waals surface area (Å²) in [6.07, 6.45) is 9.40. The van der Waals surface area contributed by atoms with Crippen LogP contribution in [0.5, 0.6) is 5.88 Å². The van der Waals surface area contributed by atoms with Crippen molar-refractivity contribution in [2.24, 2.45) is 0 Å². The quantitative estimate of drug-likeness (QED) is 0.426. The molecule has 1 unspecified atom stereocenters. The highest BCUT2D eigenvalue weighted by molar-refractivity contribution is 5.65. The molecule has 0 radical (unpaired) electrons. The Balaban J connectivity index is 1.91. The standard InChI is InChI=1S/C21H24FNO/c1-3-15-24-21-14-13-20(16-23-21)19-11-9-18(10-12-19)8-6-4-5-7-17(2)22/h3,6,8-14,16-17H,1,4-5,7,15H2,2H3. The van der Waals surface area contributed by atoms with Crippen molar-refractivity contribution in [3.63, 3.8) is 0 Å². The lowest BCUT2D eigenvalue weighted by Gasteiger charge is -2.05. The van der Waals surface area contributed by atoms with Gasteiger partial charge in [0.1, 0.15) is 6.61 Å². The summed E-state index contributed by atoms with van der Waals surface area (Å²) in [6, 6.07) is 12.2. The molecule has 126 valence electrons. The number of halogens is 1. The maximum atomic E-state index is 12.7. The Morgan fingerprint density at radius 1 is 1.17 bits per heavy atom. The highest BCUT2D eigenvalue weighted by Gasteiger charge is 2.00. The Bertz CT molecular complexity index is 645. The molecule has 0 saturated carbocycles. The molecule has 0 aliphatic rings. The number of rotatable bonds is 9. The van der Waals surface area contributed by atoms with Gasteiger partial charge in [0.15, 0.2) is 0 Å². The Morgan fingerprint density at radius 2 is 1.92 bits per heavy atom. The van der Waals surface area contributed by atoms with Gasteiger partial charge in [-0.05, 0) is 43.4 Å². The van der Waals surface area contributed by atoms with E-state index < -0.39 is 6.17 Å². The summed E-state index contributed by atoms with van der Waals surface area (Å²) in [5.74, 6) is 0.598. The van der Waals surface area contributed by atoms with Gasteiger partial charge in [-0.15, -0.1) is 0 Å². The van der Waals surface area contributed by atoms with Crippen molar-refractivity contribution < 1.29 is 9.13 Å². The van der Waals surface area contributed by atoms with Crippen LogP contribution in [-0.4, -0.2) is 17.8 Å². The minimum Gasteiger partial charge on any atom is -0.473 e. The first-order valence-electron chi connectivity index (χ1n) is 8.30. The molecular formula is C21H24FNO. The number of unbranched alkanes of at least 4 members (excludes halogenated alkanes) is 1. The van der Waals surface area contributed by atoms with Crippen LogP contribution in [-0.2, 0) is 0 Å². The molecule has 2 aromatic rings. The van der Waals surface area contributed by atoms with Crippen molar-refractivity contribution >= 4 is 6.08 Å². The maximum absolute atomic E-state index is 12.7. The van der Waals surface area contributed by atoms with Crippen LogP contribution in [0.15, 0.2) is 61.3 Å². The van der Waals surface area contributed by atoms with Crippen molar-refractivity contribution in [1.29, 1.82) is 0 Å². The van der Waals surface area contributed by atoms with Crippen LogP contribution in [0, 0.1) is 0 Å². The topological polar surface area (TPSA) is 22.1 Å². The van der Waals surface area contributed by atoms with Crippen LogP contribution in [0.25, 0.3) is 17.2 Å². The Morgan fingerprint density at radius 3 is 2.54 bits per heavy atom. The predicted octanol–water partition coefficient (Wildman–Crippen LogP) is 5.85. The van der Waals surface area contributed by atoms with E-state index in [1.807, 2.05) is 12.1 Å². The Hall–Kier alpha value is -2.42. The number of aromatic nitrogens is 1. The summed E-state index contributed by atoms with van der Waals surface area (Å²) in [5.41, 5.74) is 3.31. The van der Waals surface area contributed by atoms with Crippen LogP contribution in [0.3, 0.4) is 0 Å². The molecule has 0 bridgehead atoms. The van der Waals surface area contributed by atoms with E-state index in [0.717, 1.165) is 29.5 Å². The lowest BCUT2D eigenvalue weighted by Crippen LogP contribution is -1.94.